The summed E-state index contributed by atoms with van der Waals surface area (Å²) in [5.74, 6) is 0. The Morgan fingerprint density at radius 3 is 2.60 bits per heavy atom. The van der Waals surface area contributed by atoms with Crippen LogP contribution in [0.5, 0.6) is 0 Å². The highest BCUT2D eigenvalue weighted by molar-refractivity contribution is 9.10. The van der Waals surface area contributed by atoms with Gasteiger partial charge in [-0.1, -0.05) is 22.9 Å². The van der Waals surface area contributed by atoms with Gasteiger partial charge in [0, 0.05) is 11.0 Å². The highest BCUT2D eigenvalue weighted by Crippen LogP contribution is 2.27. The molecule has 1 heterocycles. The molecule has 1 fully saturated rings. The average molecular weight is 361 g/mol. The minimum Gasteiger partial charge on any atom is -0.317 e. The van der Waals surface area contributed by atoms with Gasteiger partial charge in [-0.3, -0.25) is 0 Å². The molecule has 1 aliphatic heterocycles. The third kappa shape index (κ3) is 3.81. The fourth-order valence-corrected chi connectivity index (χ4v) is 3.87. The Kier molecular flexibility index (Phi) is 4.89. The lowest BCUT2D eigenvalue weighted by molar-refractivity contribution is 0.232. The highest BCUT2D eigenvalue weighted by Gasteiger charge is 2.28. The van der Waals surface area contributed by atoms with E-state index in [-0.39, 0.29) is 5.41 Å². The number of nitrogens with one attached hydrogen (secondary N) is 2. The monoisotopic (exact) mass is 360 g/mol. The van der Waals surface area contributed by atoms with E-state index in [4.69, 9.17) is 0 Å². The van der Waals surface area contributed by atoms with Gasteiger partial charge in [0.25, 0.3) is 0 Å². The third-order valence-corrected chi connectivity index (χ3v) is 6.23. The molecule has 0 aliphatic carbocycles. The summed E-state index contributed by atoms with van der Waals surface area (Å²) in [6.45, 7) is 6.43. The zero-order valence-electron chi connectivity index (χ0n) is 11.9. The van der Waals surface area contributed by atoms with Crippen LogP contribution in [0.2, 0.25) is 0 Å². The topological polar surface area (TPSA) is 58.2 Å². The first kappa shape index (κ1) is 15.9. The molecule has 0 radical (unpaired) electrons. The molecule has 20 heavy (non-hydrogen) atoms. The normalized spacial score (nSPS) is 18.9. The van der Waals surface area contributed by atoms with Crippen LogP contribution in [0.3, 0.4) is 0 Å². The Labute approximate surface area is 129 Å². The number of benzene rings is 1. The van der Waals surface area contributed by atoms with Gasteiger partial charge in [0.2, 0.25) is 10.0 Å². The first-order valence-corrected chi connectivity index (χ1v) is 9.07. The number of aryl methyl sites for hydroxylation is 1. The van der Waals surface area contributed by atoms with Crippen LogP contribution in [0.1, 0.15) is 25.3 Å². The summed E-state index contributed by atoms with van der Waals surface area (Å²) < 4.78 is 28.4. The Morgan fingerprint density at radius 2 is 2.00 bits per heavy atom. The maximum atomic E-state index is 12.3. The van der Waals surface area contributed by atoms with E-state index in [0.29, 0.717) is 11.4 Å². The number of rotatable bonds is 4. The largest absolute Gasteiger partial charge is 0.317 e. The van der Waals surface area contributed by atoms with Gasteiger partial charge in [0.1, 0.15) is 0 Å². The summed E-state index contributed by atoms with van der Waals surface area (Å²) in [6, 6.07) is 5.09. The zero-order valence-corrected chi connectivity index (χ0v) is 14.3. The lowest BCUT2D eigenvalue weighted by Gasteiger charge is -2.34. The van der Waals surface area contributed by atoms with Crippen LogP contribution in [0.4, 0.5) is 0 Å². The Bertz CT molecular complexity index is 581. The predicted molar refractivity (Wildman–Crippen MR) is 84.3 cm³/mol. The molecule has 0 aromatic heterocycles. The molecule has 1 aliphatic rings. The van der Waals surface area contributed by atoms with Crippen molar-refractivity contribution < 1.29 is 8.42 Å². The minimum atomic E-state index is -3.43. The Balaban J connectivity index is 2.09. The third-order valence-electron chi connectivity index (χ3n) is 3.94. The molecule has 6 heteroatoms. The van der Waals surface area contributed by atoms with Crippen molar-refractivity contribution in [3.63, 3.8) is 0 Å². The molecule has 0 amide bonds. The zero-order chi connectivity index (χ0) is 14.8. The van der Waals surface area contributed by atoms with Crippen molar-refractivity contribution in [2.24, 2.45) is 5.41 Å². The quantitative estimate of drug-likeness (QED) is 0.866. The van der Waals surface area contributed by atoms with E-state index in [1.807, 2.05) is 6.92 Å². The Hall–Kier alpha value is -0.430. The summed E-state index contributed by atoms with van der Waals surface area (Å²) in [5.41, 5.74) is 0.962. The summed E-state index contributed by atoms with van der Waals surface area (Å²) >= 11 is 3.38. The van der Waals surface area contributed by atoms with Crippen LogP contribution in [0.25, 0.3) is 0 Å². The van der Waals surface area contributed by atoms with E-state index in [0.717, 1.165) is 36.0 Å². The van der Waals surface area contributed by atoms with Crippen molar-refractivity contribution in [3.05, 3.63) is 28.2 Å². The second-order valence-corrected chi connectivity index (χ2v) is 8.42. The molecule has 2 N–H and O–H groups in total. The molecular weight excluding hydrogens is 340 g/mol. The number of piperidine rings is 1. The van der Waals surface area contributed by atoms with E-state index in [1.54, 1.807) is 18.2 Å². The highest BCUT2D eigenvalue weighted by atomic mass is 79.9. The van der Waals surface area contributed by atoms with Crippen LogP contribution in [-0.4, -0.2) is 28.1 Å². The number of hydrogen-bond acceptors (Lipinski definition) is 3. The molecule has 1 aromatic carbocycles. The molecule has 0 bridgehead atoms. The van der Waals surface area contributed by atoms with Crippen LogP contribution >= 0.6 is 15.9 Å². The maximum absolute atomic E-state index is 12.3. The summed E-state index contributed by atoms with van der Waals surface area (Å²) in [6.07, 6.45) is 1.99. The van der Waals surface area contributed by atoms with Gasteiger partial charge >= 0.3 is 0 Å². The van der Waals surface area contributed by atoms with E-state index in [2.05, 4.69) is 32.9 Å². The van der Waals surface area contributed by atoms with Crippen LogP contribution in [0, 0.1) is 12.3 Å². The summed E-state index contributed by atoms with van der Waals surface area (Å²) in [7, 11) is -3.43. The molecule has 1 aromatic rings. The van der Waals surface area contributed by atoms with Crippen LogP contribution in [-0.2, 0) is 10.0 Å². The smallest absolute Gasteiger partial charge is 0.240 e. The van der Waals surface area contributed by atoms with Crippen LogP contribution in [0.15, 0.2) is 27.6 Å². The average Bonchev–Trinajstić information content (AvgIpc) is 2.41. The van der Waals surface area contributed by atoms with Crippen molar-refractivity contribution in [2.75, 3.05) is 19.6 Å². The summed E-state index contributed by atoms with van der Waals surface area (Å²) in [4.78, 5) is 0.329. The van der Waals surface area contributed by atoms with Crippen molar-refractivity contribution in [3.8, 4) is 0 Å². The van der Waals surface area contributed by atoms with E-state index < -0.39 is 10.0 Å². The molecule has 0 saturated carbocycles. The van der Waals surface area contributed by atoms with Crippen molar-refractivity contribution in [1.82, 2.24) is 10.0 Å². The Morgan fingerprint density at radius 1 is 1.35 bits per heavy atom. The SMILES string of the molecule is Cc1cc(S(=O)(=O)NCC2(C)CCNCC2)ccc1Br. The second kappa shape index (κ2) is 6.13. The van der Waals surface area contributed by atoms with Gasteiger partial charge < -0.3 is 5.32 Å². The number of hydrogen-bond donors (Lipinski definition) is 2. The molecule has 1 saturated heterocycles. The lowest BCUT2D eigenvalue weighted by Crippen LogP contribution is -2.42. The van der Waals surface area contributed by atoms with Crippen molar-refractivity contribution in [2.45, 2.75) is 31.6 Å². The van der Waals surface area contributed by atoms with Gasteiger partial charge in [-0.2, -0.15) is 0 Å². The second-order valence-electron chi connectivity index (χ2n) is 5.80. The molecule has 0 unspecified atom stereocenters. The minimum absolute atomic E-state index is 0.0444. The van der Waals surface area contributed by atoms with E-state index in [1.165, 1.54) is 0 Å². The van der Waals surface area contributed by atoms with Gasteiger partial charge in [-0.15, -0.1) is 0 Å². The maximum Gasteiger partial charge on any atom is 0.240 e. The molecule has 4 nitrogen and oxygen atoms in total. The first-order chi connectivity index (χ1) is 9.32. The summed E-state index contributed by atoms with van der Waals surface area (Å²) in [5, 5.41) is 3.30. The predicted octanol–water partition coefficient (Wildman–Crippen LogP) is 2.43. The molecule has 112 valence electrons. The fourth-order valence-electron chi connectivity index (χ4n) is 2.34. The fraction of sp³-hybridized carbons (Fsp3) is 0.571. The lowest BCUT2D eigenvalue weighted by atomic mass is 9.81. The number of halogens is 1. The molecule has 2 rings (SSSR count). The standard InChI is InChI=1S/C14H21BrN2O2S/c1-11-9-12(3-4-13(11)15)20(18,19)17-10-14(2)5-7-16-8-6-14/h3-4,9,16-17H,5-8,10H2,1-2H3. The molecule has 0 spiro atoms. The molecular formula is C14H21BrN2O2S. The molecule has 0 atom stereocenters. The van der Waals surface area contributed by atoms with Gasteiger partial charge in [-0.05, 0) is 62.0 Å². The van der Waals surface area contributed by atoms with Gasteiger partial charge in [0.05, 0.1) is 4.90 Å². The van der Waals surface area contributed by atoms with E-state index >= 15 is 0 Å². The van der Waals surface area contributed by atoms with Crippen molar-refractivity contribution in [1.29, 1.82) is 0 Å². The van der Waals surface area contributed by atoms with Gasteiger partial charge in [0.15, 0.2) is 0 Å². The first-order valence-electron chi connectivity index (χ1n) is 6.79. The van der Waals surface area contributed by atoms with Gasteiger partial charge in [-0.25, -0.2) is 13.1 Å². The van der Waals surface area contributed by atoms with E-state index in [9.17, 15) is 8.42 Å². The van der Waals surface area contributed by atoms with Crippen LogP contribution < -0.4 is 10.0 Å². The number of sulfonamides is 1. The van der Waals surface area contributed by atoms with Crippen molar-refractivity contribution >= 4 is 26.0 Å².